The molecule has 2 saturated heterocycles. The molecule has 0 aromatic carbocycles. The minimum absolute atomic E-state index is 0.887. The molecule has 0 aromatic heterocycles. The first-order valence-corrected chi connectivity index (χ1v) is 7.56. The van der Waals surface area contributed by atoms with Crippen molar-refractivity contribution in [2.24, 2.45) is 0 Å². The maximum Gasteiger partial charge on any atom is 0.0194 e. The third-order valence-electron chi connectivity index (χ3n) is 3.25. The minimum atomic E-state index is 0.887. The molecule has 0 aliphatic carbocycles. The van der Waals surface area contributed by atoms with Gasteiger partial charge in [-0.3, -0.25) is 4.90 Å². The Kier molecular flexibility index (Phi) is 3.87. The molecule has 0 radical (unpaired) electrons. The van der Waals surface area contributed by atoms with E-state index in [2.05, 4.69) is 35.5 Å². The lowest BCUT2D eigenvalue weighted by atomic mass is 10.1. The molecule has 76 valence electrons. The Labute approximate surface area is 90.0 Å². The van der Waals surface area contributed by atoms with Crippen LogP contribution in [0.5, 0.6) is 0 Å². The zero-order chi connectivity index (χ0) is 9.10. The molecular formula is C10H19NS2. The highest BCUT2D eigenvalue weighted by Gasteiger charge is 2.26. The summed E-state index contributed by atoms with van der Waals surface area (Å²) >= 11 is 4.25. The Morgan fingerprint density at radius 2 is 1.54 bits per heavy atom. The van der Waals surface area contributed by atoms with E-state index in [1.807, 2.05) is 0 Å². The summed E-state index contributed by atoms with van der Waals surface area (Å²) in [5.74, 6) is 5.53. The second-order valence-electron chi connectivity index (χ2n) is 4.03. The van der Waals surface area contributed by atoms with Crippen LogP contribution in [0.1, 0.15) is 19.3 Å². The van der Waals surface area contributed by atoms with Crippen molar-refractivity contribution >= 4 is 23.5 Å². The monoisotopic (exact) mass is 217 g/mol. The first-order chi connectivity index (χ1) is 6.38. The van der Waals surface area contributed by atoms with Crippen LogP contribution in [-0.4, -0.2) is 47.0 Å². The summed E-state index contributed by atoms with van der Waals surface area (Å²) in [6.45, 7) is 0. The highest BCUT2D eigenvalue weighted by atomic mass is 32.2. The predicted molar refractivity (Wildman–Crippen MR) is 63.8 cm³/mol. The number of hydrogen-bond donors (Lipinski definition) is 0. The molecule has 13 heavy (non-hydrogen) atoms. The summed E-state index contributed by atoms with van der Waals surface area (Å²) in [6, 6.07) is 1.78. The molecule has 1 nitrogen and oxygen atoms in total. The van der Waals surface area contributed by atoms with Gasteiger partial charge >= 0.3 is 0 Å². The lowest BCUT2D eigenvalue weighted by Gasteiger charge is -2.34. The van der Waals surface area contributed by atoms with Gasteiger partial charge in [0.2, 0.25) is 0 Å². The molecule has 0 N–H and O–H groups in total. The summed E-state index contributed by atoms with van der Waals surface area (Å²) in [6.07, 6.45) is 4.26. The number of thioether (sulfide) groups is 2. The second-order valence-corrected chi connectivity index (χ2v) is 6.40. The van der Waals surface area contributed by atoms with Gasteiger partial charge in [-0.2, -0.15) is 23.5 Å². The summed E-state index contributed by atoms with van der Waals surface area (Å²) in [5.41, 5.74) is 0. The predicted octanol–water partition coefficient (Wildman–Crippen LogP) is 2.32. The van der Waals surface area contributed by atoms with Crippen molar-refractivity contribution in [3.8, 4) is 0 Å². The molecule has 0 spiro atoms. The van der Waals surface area contributed by atoms with E-state index >= 15 is 0 Å². The van der Waals surface area contributed by atoms with E-state index in [-0.39, 0.29) is 0 Å². The third kappa shape index (κ3) is 2.57. The normalized spacial score (nSPS) is 31.4. The first-order valence-electron chi connectivity index (χ1n) is 5.25. The van der Waals surface area contributed by atoms with E-state index in [4.69, 9.17) is 0 Å². The Hall–Kier alpha value is 0.660. The van der Waals surface area contributed by atoms with Crippen molar-refractivity contribution in [1.82, 2.24) is 4.90 Å². The summed E-state index contributed by atoms with van der Waals surface area (Å²) < 4.78 is 0. The van der Waals surface area contributed by atoms with Crippen molar-refractivity contribution in [2.75, 3.05) is 30.1 Å². The number of rotatable bonds is 2. The van der Waals surface area contributed by atoms with Crippen LogP contribution in [0.15, 0.2) is 0 Å². The second kappa shape index (κ2) is 4.94. The highest BCUT2D eigenvalue weighted by Crippen LogP contribution is 2.27. The minimum Gasteiger partial charge on any atom is -0.300 e. The molecule has 0 aromatic rings. The third-order valence-corrected chi connectivity index (χ3v) is 5.44. The summed E-state index contributed by atoms with van der Waals surface area (Å²) in [4.78, 5) is 2.67. The Morgan fingerprint density at radius 3 is 2.15 bits per heavy atom. The molecule has 0 amide bonds. The van der Waals surface area contributed by atoms with Crippen molar-refractivity contribution in [1.29, 1.82) is 0 Å². The average molecular weight is 217 g/mol. The van der Waals surface area contributed by atoms with E-state index in [1.165, 1.54) is 42.3 Å². The maximum atomic E-state index is 2.67. The highest BCUT2D eigenvalue weighted by molar-refractivity contribution is 7.99. The van der Waals surface area contributed by atoms with Crippen LogP contribution >= 0.6 is 23.5 Å². The van der Waals surface area contributed by atoms with Crippen LogP contribution in [0.4, 0.5) is 0 Å². The van der Waals surface area contributed by atoms with Gasteiger partial charge in [0.25, 0.3) is 0 Å². The van der Waals surface area contributed by atoms with Crippen molar-refractivity contribution in [3.05, 3.63) is 0 Å². The standard InChI is InChI=1S/C10H19NS2/c1-11(10-4-7-13-8-10)9-2-5-12-6-3-9/h9-10H,2-8H2,1H3. The number of nitrogens with zero attached hydrogens (tertiary/aromatic N) is 1. The Bertz CT molecular complexity index is 151. The summed E-state index contributed by atoms with van der Waals surface area (Å²) in [5, 5.41) is 0. The van der Waals surface area contributed by atoms with Crippen LogP contribution in [0.3, 0.4) is 0 Å². The molecule has 3 heteroatoms. The molecule has 2 aliphatic heterocycles. The molecule has 1 unspecified atom stereocenters. The molecule has 0 saturated carbocycles. The molecule has 0 bridgehead atoms. The maximum absolute atomic E-state index is 2.67. The Morgan fingerprint density at radius 1 is 0.923 bits per heavy atom. The van der Waals surface area contributed by atoms with Crippen molar-refractivity contribution in [2.45, 2.75) is 31.3 Å². The molecule has 2 fully saturated rings. The van der Waals surface area contributed by atoms with Crippen LogP contribution in [0.2, 0.25) is 0 Å². The van der Waals surface area contributed by atoms with E-state index in [0.717, 1.165) is 12.1 Å². The van der Waals surface area contributed by atoms with Gasteiger partial charge in [0.15, 0.2) is 0 Å². The van der Waals surface area contributed by atoms with Gasteiger partial charge in [0.1, 0.15) is 0 Å². The van der Waals surface area contributed by atoms with Crippen molar-refractivity contribution in [3.63, 3.8) is 0 Å². The zero-order valence-electron chi connectivity index (χ0n) is 8.37. The van der Waals surface area contributed by atoms with Crippen LogP contribution in [-0.2, 0) is 0 Å². The van der Waals surface area contributed by atoms with Gasteiger partial charge in [-0.15, -0.1) is 0 Å². The van der Waals surface area contributed by atoms with E-state index in [9.17, 15) is 0 Å². The largest absolute Gasteiger partial charge is 0.300 e. The smallest absolute Gasteiger partial charge is 0.0194 e. The van der Waals surface area contributed by atoms with Gasteiger partial charge in [0.05, 0.1) is 0 Å². The topological polar surface area (TPSA) is 3.24 Å². The fourth-order valence-electron chi connectivity index (χ4n) is 2.23. The fourth-order valence-corrected chi connectivity index (χ4v) is 4.59. The molecule has 2 rings (SSSR count). The Balaban J connectivity index is 1.83. The SMILES string of the molecule is CN(C1CCSCC1)C1CCSC1. The van der Waals surface area contributed by atoms with Gasteiger partial charge < -0.3 is 0 Å². The van der Waals surface area contributed by atoms with Gasteiger partial charge in [-0.25, -0.2) is 0 Å². The van der Waals surface area contributed by atoms with Crippen molar-refractivity contribution < 1.29 is 0 Å². The van der Waals surface area contributed by atoms with Crippen LogP contribution in [0, 0.1) is 0 Å². The quantitative estimate of drug-likeness (QED) is 0.699. The summed E-state index contributed by atoms with van der Waals surface area (Å²) in [7, 11) is 2.34. The van der Waals surface area contributed by atoms with Crippen LogP contribution < -0.4 is 0 Å². The van der Waals surface area contributed by atoms with Crippen LogP contribution in [0.25, 0.3) is 0 Å². The lowest BCUT2D eigenvalue weighted by Crippen LogP contribution is -2.42. The van der Waals surface area contributed by atoms with E-state index in [1.54, 1.807) is 0 Å². The van der Waals surface area contributed by atoms with Gasteiger partial charge in [0, 0.05) is 17.8 Å². The van der Waals surface area contributed by atoms with Gasteiger partial charge in [-0.1, -0.05) is 0 Å². The first kappa shape index (κ1) is 10.2. The van der Waals surface area contributed by atoms with E-state index < -0.39 is 0 Å². The zero-order valence-corrected chi connectivity index (χ0v) is 10.0. The molecule has 2 aliphatic rings. The fraction of sp³-hybridized carbons (Fsp3) is 1.00. The molecular weight excluding hydrogens is 198 g/mol. The van der Waals surface area contributed by atoms with Gasteiger partial charge in [-0.05, 0) is 43.6 Å². The average Bonchev–Trinajstić information content (AvgIpc) is 2.71. The lowest BCUT2D eigenvalue weighted by molar-refractivity contribution is 0.177. The van der Waals surface area contributed by atoms with E-state index in [0.29, 0.717) is 0 Å². The molecule has 1 atom stereocenters. The molecule has 2 heterocycles. The number of hydrogen-bond acceptors (Lipinski definition) is 3.